The number of rotatable bonds is 5. The summed E-state index contributed by atoms with van der Waals surface area (Å²) in [5, 5.41) is 2.97. The first-order chi connectivity index (χ1) is 9.52. The summed E-state index contributed by atoms with van der Waals surface area (Å²) in [6.07, 6.45) is 0.477. The van der Waals surface area contributed by atoms with Crippen LogP contribution in [-0.2, 0) is 11.3 Å². The number of imidazole rings is 1. The second kappa shape index (κ2) is 5.90. The van der Waals surface area contributed by atoms with Gasteiger partial charge < -0.3 is 9.88 Å². The Hall–Kier alpha value is -2.10. The molecule has 1 amide bonds. The standard InChI is InChI=1S/C16H21N3O/c1-5-15(20)17-12(4)16-18-13-8-6-7-9-14(13)19(16)10-11(2)3/h6-9,12H,2,5,10H2,1,3-4H3,(H,17,20). The summed E-state index contributed by atoms with van der Waals surface area (Å²) in [6, 6.07) is 7.89. The molecule has 0 fully saturated rings. The highest BCUT2D eigenvalue weighted by molar-refractivity contribution is 5.78. The maximum atomic E-state index is 11.6. The number of hydrogen-bond acceptors (Lipinski definition) is 2. The molecule has 0 aliphatic carbocycles. The minimum atomic E-state index is -0.116. The van der Waals surface area contributed by atoms with Crippen LogP contribution in [0, 0.1) is 0 Å². The molecule has 1 aromatic carbocycles. The maximum absolute atomic E-state index is 11.6. The van der Waals surface area contributed by atoms with E-state index in [9.17, 15) is 4.79 Å². The Bertz CT molecular complexity index is 642. The molecule has 0 aliphatic rings. The van der Waals surface area contributed by atoms with E-state index in [0.29, 0.717) is 13.0 Å². The fraction of sp³-hybridized carbons (Fsp3) is 0.375. The van der Waals surface area contributed by atoms with Crippen molar-refractivity contribution in [2.24, 2.45) is 0 Å². The van der Waals surface area contributed by atoms with Gasteiger partial charge in [0.05, 0.1) is 17.1 Å². The third kappa shape index (κ3) is 2.90. The van der Waals surface area contributed by atoms with E-state index in [1.165, 1.54) is 0 Å². The molecule has 0 bridgehead atoms. The van der Waals surface area contributed by atoms with E-state index >= 15 is 0 Å². The van der Waals surface area contributed by atoms with E-state index in [1.807, 2.05) is 45.0 Å². The first kappa shape index (κ1) is 14.3. The zero-order chi connectivity index (χ0) is 14.7. The molecule has 0 saturated heterocycles. The van der Waals surface area contributed by atoms with E-state index in [2.05, 4.69) is 21.4 Å². The van der Waals surface area contributed by atoms with Gasteiger partial charge >= 0.3 is 0 Å². The summed E-state index contributed by atoms with van der Waals surface area (Å²) in [6.45, 7) is 10.5. The van der Waals surface area contributed by atoms with Gasteiger partial charge in [0.25, 0.3) is 0 Å². The molecule has 1 unspecified atom stereocenters. The highest BCUT2D eigenvalue weighted by Gasteiger charge is 2.17. The van der Waals surface area contributed by atoms with Gasteiger partial charge in [0.2, 0.25) is 5.91 Å². The largest absolute Gasteiger partial charge is 0.346 e. The van der Waals surface area contributed by atoms with E-state index in [4.69, 9.17) is 0 Å². The van der Waals surface area contributed by atoms with Gasteiger partial charge in [-0.05, 0) is 26.0 Å². The number of nitrogens with one attached hydrogen (secondary N) is 1. The maximum Gasteiger partial charge on any atom is 0.220 e. The number of carbonyl (C=O) groups is 1. The monoisotopic (exact) mass is 271 g/mol. The average molecular weight is 271 g/mol. The van der Waals surface area contributed by atoms with Gasteiger partial charge in [-0.25, -0.2) is 4.98 Å². The predicted octanol–water partition coefficient (Wildman–Crippen LogP) is 3.20. The van der Waals surface area contributed by atoms with Crippen LogP contribution in [0.4, 0.5) is 0 Å². The number of amides is 1. The Morgan fingerprint density at radius 2 is 2.15 bits per heavy atom. The summed E-state index contributed by atoms with van der Waals surface area (Å²) in [5.74, 6) is 0.905. The number of carbonyl (C=O) groups excluding carboxylic acids is 1. The van der Waals surface area contributed by atoms with Crippen molar-refractivity contribution in [1.82, 2.24) is 14.9 Å². The van der Waals surface area contributed by atoms with Crippen molar-refractivity contribution < 1.29 is 4.79 Å². The molecule has 0 spiro atoms. The van der Waals surface area contributed by atoms with Crippen molar-refractivity contribution in [1.29, 1.82) is 0 Å². The Labute approximate surface area is 119 Å². The van der Waals surface area contributed by atoms with Crippen LogP contribution < -0.4 is 5.32 Å². The number of fused-ring (bicyclic) bond motifs is 1. The first-order valence-corrected chi connectivity index (χ1v) is 6.91. The molecule has 106 valence electrons. The third-order valence-corrected chi connectivity index (χ3v) is 3.20. The highest BCUT2D eigenvalue weighted by Crippen LogP contribution is 2.21. The van der Waals surface area contributed by atoms with E-state index in [-0.39, 0.29) is 11.9 Å². The van der Waals surface area contributed by atoms with Crippen molar-refractivity contribution in [2.45, 2.75) is 39.8 Å². The first-order valence-electron chi connectivity index (χ1n) is 6.91. The van der Waals surface area contributed by atoms with Crippen molar-refractivity contribution >= 4 is 16.9 Å². The summed E-state index contributed by atoms with van der Waals surface area (Å²) in [5.41, 5.74) is 3.08. The molecule has 1 N–H and O–H groups in total. The van der Waals surface area contributed by atoms with Crippen molar-refractivity contribution in [2.75, 3.05) is 0 Å². The quantitative estimate of drug-likeness (QED) is 0.849. The minimum Gasteiger partial charge on any atom is -0.346 e. The van der Waals surface area contributed by atoms with Gasteiger partial charge in [-0.15, -0.1) is 0 Å². The van der Waals surface area contributed by atoms with Crippen LogP contribution in [0.1, 0.15) is 39.1 Å². The lowest BCUT2D eigenvalue weighted by Crippen LogP contribution is -2.28. The molecule has 1 heterocycles. The summed E-state index contributed by atoms with van der Waals surface area (Å²) in [7, 11) is 0. The van der Waals surface area contributed by atoms with Crippen molar-refractivity contribution in [3.63, 3.8) is 0 Å². The molecule has 0 saturated carbocycles. The van der Waals surface area contributed by atoms with Crippen LogP contribution in [0.5, 0.6) is 0 Å². The molecule has 4 heteroatoms. The number of para-hydroxylation sites is 2. The molecular formula is C16H21N3O. The van der Waals surface area contributed by atoms with Gasteiger partial charge in [0.15, 0.2) is 0 Å². The highest BCUT2D eigenvalue weighted by atomic mass is 16.1. The van der Waals surface area contributed by atoms with Crippen LogP contribution >= 0.6 is 0 Å². The second-order valence-electron chi connectivity index (χ2n) is 5.14. The lowest BCUT2D eigenvalue weighted by atomic mass is 10.2. The summed E-state index contributed by atoms with van der Waals surface area (Å²) >= 11 is 0. The normalized spacial score (nSPS) is 12.3. The van der Waals surface area contributed by atoms with Crippen LogP contribution in [0.3, 0.4) is 0 Å². The lowest BCUT2D eigenvalue weighted by Gasteiger charge is -2.16. The lowest BCUT2D eigenvalue weighted by molar-refractivity contribution is -0.121. The van der Waals surface area contributed by atoms with Crippen LogP contribution in [0.25, 0.3) is 11.0 Å². The fourth-order valence-electron chi connectivity index (χ4n) is 2.27. The van der Waals surface area contributed by atoms with Crippen LogP contribution in [-0.4, -0.2) is 15.5 Å². The number of aromatic nitrogens is 2. The van der Waals surface area contributed by atoms with Gasteiger partial charge in [-0.3, -0.25) is 4.79 Å². The number of nitrogens with zero attached hydrogens (tertiary/aromatic N) is 2. The fourth-order valence-corrected chi connectivity index (χ4v) is 2.27. The summed E-state index contributed by atoms with van der Waals surface area (Å²) in [4.78, 5) is 16.2. The van der Waals surface area contributed by atoms with E-state index in [0.717, 1.165) is 22.4 Å². The van der Waals surface area contributed by atoms with Gasteiger partial charge in [-0.1, -0.05) is 31.2 Å². The van der Waals surface area contributed by atoms with Gasteiger partial charge in [0.1, 0.15) is 5.82 Å². The number of hydrogen-bond donors (Lipinski definition) is 1. The SMILES string of the molecule is C=C(C)Cn1c(C(C)NC(=O)CC)nc2ccccc21. The minimum absolute atomic E-state index is 0.0337. The Kier molecular flexibility index (Phi) is 4.23. The predicted molar refractivity (Wildman–Crippen MR) is 81.4 cm³/mol. The summed E-state index contributed by atoms with van der Waals surface area (Å²) < 4.78 is 2.12. The molecule has 1 aromatic heterocycles. The molecule has 1 atom stereocenters. The average Bonchev–Trinajstić information content (AvgIpc) is 2.77. The third-order valence-electron chi connectivity index (χ3n) is 3.20. The molecule has 2 aromatic rings. The molecule has 2 rings (SSSR count). The smallest absolute Gasteiger partial charge is 0.220 e. The Balaban J connectivity index is 2.45. The second-order valence-corrected chi connectivity index (χ2v) is 5.14. The zero-order valence-corrected chi connectivity index (χ0v) is 12.3. The number of allylic oxidation sites excluding steroid dienone is 1. The molecular weight excluding hydrogens is 250 g/mol. The molecule has 20 heavy (non-hydrogen) atoms. The molecule has 4 nitrogen and oxygen atoms in total. The van der Waals surface area contributed by atoms with Crippen molar-refractivity contribution in [3.8, 4) is 0 Å². The molecule has 0 radical (unpaired) electrons. The van der Waals surface area contributed by atoms with E-state index < -0.39 is 0 Å². The van der Waals surface area contributed by atoms with Crippen LogP contribution in [0.2, 0.25) is 0 Å². The van der Waals surface area contributed by atoms with Crippen LogP contribution in [0.15, 0.2) is 36.4 Å². The Morgan fingerprint density at radius 1 is 1.45 bits per heavy atom. The Morgan fingerprint density at radius 3 is 2.80 bits per heavy atom. The zero-order valence-electron chi connectivity index (χ0n) is 12.3. The van der Waals surface area contributed by atoms with Crippen molar-refractivity contribution in [3.05, 3.63) is 42.2 Å². The molecule has 0 aliphatic heterocycles. The topological polar surface area (TPSA) is 46.9 Å². The van der Waals surface area contributed by atoms with E-state index in [1.54, 1.807) is 0 Å². The van der Waals surface area contributed by atoms with Gasteiger partial charge in [0, 0.05) is 13.0 Å². The number of benzene rings is 1. The van der Waals surface area contributed by atoms with Gasteiger partial charge in [-0.2, -0.15) is 0 Å².